The number of furan rings is 1. The smallest absolute Gasteiger partial charge is 0.338 e. The largest absolute Gasteiger partial charge is 0.497 e. The van der Waals surface area contributed by atoms with Crippen LogP contribution in [-0.4, -0.2) is 37.3 Å². The molecular weight excluding hydrogens is 466 g/mol. The highest BCUT2D eigenvalue weighted by atomic mass is 32.1. The molecule has 2 aromatic heterocycles. The zero-order chi connectivity index (χ0) is 24.5. The van der Waals surface area contributed by atoms with E-state index in [1.165, 1.54) is 11.3 Å². The first-order valence-corrected chi connectivity index (χ1v) is 12.5. The molecule has 0 N–H and O–H groups in total. The van der Waals surface area contributed by atoms with Crippen molar-refractivity contribution in [2.24, 2.45) is 4.99 Å². The third-order valence-electron chi connectivity index (χ3n) is 6.25. The zero-order valence-corrected chi connectivity index (χ0v) is 20.8. The summed E-state index contributed by atoms with van der Waals surface area (Å²) in [4.78, 5) is 34.0. The van der Waals surface area contributed by atoms with Crippen LogP contribution in [0.5, 0.6) is 5.75 Å². The van der Waals surface area contributed by atoms with Crippen LogP contribution in [0.25, 0.3) is 6.08 Å². The number of rotatable bonds is 6. The fourth-order valence-corrected chi connectivity index (χ4v) is 5.58. The monoisotopic (exact) mass is 493 g/mol. The van der Waals surface area contributed by atoms with Crippen LogP contribution >= 0.6 is 11.3 Å². The van der Waals surface area contributed by atoms with Crippen molar-refractivity contribution in [3.05, 3.63) is 78.7 Å². The second-order valence-corrected chi connectivity index (χ2v) is 9.45. The van der Waals surface area contributed by atoms with Crippen molar-refractivity contribution in [1.29, 1.82) is 0 Å². The standard InChI is InChI=1S/C26H27N3O5S/c1-4-33-25(31)22-16(2)27-26-29(23(22)17-7-9-18(32-3)10-8-17)24(30)20(35-26)15-19-11-12-21(34-19)28-13-5-6-14-28/h7-12,15,23H,4-6,13-14H2,1-3H3. The number of carbonyl (C=O) groups excluding carboxylic acids is 1. The lowest BCUT2D eigenvalue weighted by Crippen LogP contribution is -2.39. The maximum Gasteiger partial charge on any atom is 0.338 e. The van der Waals surface area contributed by atoms with Gasteiger partial charge in [0.15, 0.2) is 10.7 Å². The van der Waals surface area contributed by atoms with Gasteiger partial charge in [-0.2, -0.15) is 0 Å². The van der Waals surface area contributed by atoms with Crippen molar-refractivity contribution >= 4 is 29.3 Å². The Kier molecular flexibility index (Phi) is 6.34. The molecule has 0 amide bonds. The van der Waals surface area contributed by atoms with Crippen molar-refractivity contribution in [2.75, 3.05) is 31.7 Å². The molecule has 2 aliphatic rings. The number of benzene rings is 1. The highest BCUT2D eigenvalue weighted by Crippen LogP contribution is 2.31. The summed E-state index contributed by atoms with van der Waals surface area (Å²) in [6.07, 6.45) is 4.06. The normalized spacial score (nSPS) is 18.0. The number of anilines is 1. The number of carbonyl (C=O) groups is 1. The molecule has 0 aliphatic carbocycles. The van der Waals surface area contributed by atoms with E-state index in [0.29, 0.717) is 32.1 Å². The van der Waals surface area contributed by atoms with Gasteiger partial charge in [0.05, 0.1) is 35.6 Å². The third kappa shape index (κ3) is 4.32. The fourth-order valence-electron chi connectivity index (χ4n) is 4.55. The van der Waals surface area contributed by atoms with Crippen LogP contribution in [0, 0.1) is 0 Å². The van der Waals surface area contributed by atoms with Crippen LogP contribution in [-0.2, 0) is 9.53 Å². The minimum atomic E-state index is -0.657. The van der Waals surface area contributed by atoms with Crippen LogP contribution in [0.15, 0.2) is 61.9 Å². The number of hydrogen-bond acceptors (Lipinski definition) is 8. The average Bonchev–Trinajstić information content (AvgIpc) is 3.60. The van der Waals surface area contributed by atoms with E-state index >= 15 is 0 Å². The predicted molar refractivity (Wildman–Crippen MR) is 134 cm³/mol. The molecule has 3 aromatic rings. The number of methoxy groups -OCH3 is 1. The van der Waals surface area contributed by atoms with Gasteiger partial charge in [0.2, 0.25) is 0 Å². The van der Waals surface area contributed by atoms with Gasteiger partial charge in [0.25, 0.3) is 5.56 Å². The van der Waals surface area contributed by atoms with Gasteiger partial charge in [-0.3, -0.25) is 9.36 Å². The molecule has 2 aliphatic heterocycles. The Morgan fingerprint density at radius 2 is 1.94 bits per heavy atom. The predicted octanol–water partition coefficient (Wildman–Crippen LogP) is 3.00. The van der Waals surface area contributed by atoms with Gasteiger partial charge in [-0.15, -0.1) is 0 Å². The zero-order valence-electron chi connectivity index (χ0n) is 19.9. The molecule has 1 atom stereocenters. The molecule has 1 unspecified atom stereocenters. The van der Waals surface area contributed by atoms with E-state index in [1.54, 1.807) is 31.6 Å². The van der Waals surface area contributed by atoms with E-state index in [4.69, 9.17) is 13.9 Å². The molecule has 1 aromatic carbocycles. The van der Waals surface area contributed by atoms with E-state index in [2.05, 4.69) is 9.89 Å². The van der Waals surface area contributed by atoms with Crippen LogP contribution in [0.2, 0.25) is 0 Å². The quantitative estimate of drug-likeness (QED) is 0.491. The lowest BCUT2D eigenvalue weighted by Gasteiger charge is -2.24. The maximum absolute atomic E-state index is 13.7. The molecule has 0 radical (unpaired) electrons. The molecule has 8 nitrogen and oxygen atoms in total. The van der Waals surface area contributed by atoms with Gasteiger partial charge >= 0.3 is 5.97 Å². The van der Waals surface area contributed by atoms with Crippen molar-refractivity contribution < 1.29 is 18.7 Å². The Hall–Kier alpha value is -3.59. The summed E-state index contributed by atoms with van der Waals surface area (Å²) >= 11 is 1.28. The number of allylic oxidation sites excluding steroid dienone is 1. The van der Waals surface area contributed by atoms with Gasteiger partial charge in [0.1, 0.15) is 11.5 Å². The fraction of sp³-hybridized carbons (Fsp3) is 0.346. The maximum atomic E-state index is 13.7. The van der Waals surface area contributed by atoms with Gasteiger partial charge in [-0.1, -0.05) is 23.5 Å². The van der Waals surface area contributed by atoms with E-state index in [-0.39, 0.29) is 12.2 Å². The van der Waals surface area contributed by atoms with E-state index < -0.39 is 12.0 Å². The molecular formula is C26H27N3O5S. The summed E-state index contributed by atoms with van der Waals surface area (Å²) in [5.41, 5.74) is 1.42. The summed E-state index contributed by atoms with van der Waals surface area (Å²) < 4.78 is 18.7. The molecule has 0 spiro atoms. The van der Waals surface area contributed by atoms with Crippen LogP contribution in [0.1, 0.15) is 44.1 Å². The Bertz CT molecular complexity index is 1460. The molecule has 5 rings (SSSR count). The van der Waals surface area contributed by atoms with Crippen molar-refractivity contribution in [3.8, 4) is 5.75 Å². The minimum Gasteiger partial charge on any atom is -0.497 e. The molecule has 9 heteroatoms. The molecule has 4 heterocycles. The summed E-state index contributed by atoms with van der Waals surface area (Å²) in [6.45, 7) is 5.72. The SMILES string of the molecule is CCOC(=O)C1=C(C)N=c2sc(=Cc3ccc(N4CCCC4)o3)c(=O)n2C1c1ccc(OC)cc1. The highest BCUT2D eigenvalue weighted by molar-refractivity contribution is 7.07. The molecule has 182 valence electrons. The number of aromatic nitrogens is 1. The van der Waals surface area contributed by atoms with Crippen molar-refractivity contribution in [1.82, 2.24) is 4.57 Å². The molecule has 0 bridgehead atoms. The second kappa shape index (κ2) is 9.58. The summed E-state index contributed by atoms with van der Waals surface area (Å²) in [7, 11) is 1.59. The van der Waals surface area contributed by atoms with Crippen LogP contribution < -0.4 is 24.5 Å². The summed E-state index contributed by atoms with van der Waals surface area (Å²) in [5, 5.41) is 0. The average molecular weight is 494 g/mol. The Balaban J connectivity index is 1.62. The van der Waals surface area contributed by atoms with Gasteiger partial charge in [0, 0.05) is 25.2 Å². The second-order valence-electron chi connectivity index (χ2n) is 8.45. The topological polar surface area (TPSA) is 86.3 Å². The van der Waals surface area contributed by atoms with Gasteiger partial charge < -0.3 is 18.8 Å². The number of ether oxygens (including phenoxy) is 2. The Morgan fingerprint density at radius 1 is 1.20 bits per heavy atom. The number of fused-ring (bicyclic) bond motifs is 1. The molecule has 1 fully saturated rings. The van der Waals surface area contributed by atoms with Gasteiger partial charge in [-0.05, 0) is 50.5 Å². The first-order valence-electron chi connectivity index (χ1n) is 11.7. The first-order chi connectivity index (χ1) is 17.0. The summed E-state index contributed by atoms with van der Waals surface area (Å²) in [6, 6.07) is 10.5. The van der Waals surface area contributed by atoms with E-state index in [0.717, 1.165) is 37.4 Å². The highest BCUT2D eigenvalue weighted by Gasteiger charge is 2.33. The van der Waals surface area contributed by atoms with E-state index in [1.807, 2.05) is 36.4 Å². The number of hydrogen-bond donors (Lipinski definition) is 0. The summed E-state index contributed by atoms with van der Waals surface area (Å²) in [5.74, 6) is 1.63. The lowest BCUT2D eigenvalue weighted by molar-refractivity contribution is -0.139. The lowest BCUT2D eigenvalue weighted by atomic mass is 9.96. The third-order valence-corrected chi connectivity index (χ3v) is 7.24. The van der Waals surface area contributed by atoms with Crippen LogP contribution in [0.4, 0.5) is 5.88 Å². The van der Waals surface area contributed by atoms with Crippen molar-refractivity contribution in [3.63, 3.8) is 0 Å². The Labute approximate surface area is 206 Å². The minimum absolute atomic E-state index is 0.229. The first kappa shape index (κ1) is 23.2. The number of esters is 1. The van der Waals surface area contributed by atoms with Gasteiger partial charge in [-0.25, -0.2) is 9.79 Å². The van der Waals surface area contributed by atoms with Crippen LogP contribution in [0.3, 0.4) is 0 Å². The molecule has 1 saturated heterocycles. The Morgan fingerprint density at radius 3 is 2.63 bits per heavy atom. The molecule has 0 saturated carbocycles. The number of thiazole rings is 1. The molecule has 35 heavy (non-hydrogen) atoms. The van der Waals surface area contributed by atoms with Crippen molar-refractivity contribution in [2.45, 2.75) is 32.7 Å². The number of nitrogens with zero attached hydrogens (tertiary/aromatic N) is 3. The van der Waals surface area contributed by atoms with E-state index in [9.17, 15) is 9.59 Å².